The number of thiophene rings is 1. The van der Waals surface area contributed by atoms with Crippen LogP contribution in [-0.2, 0) is 16.1 Å². The van der Waals surface area contributed by atoms with Crippen molar-refractivity contribution in [1.29, 1.82) is 0 Å². The molecule has 1 aromatic heterocycles. The SMILES string of the molecule is CCOC(=O)c1ccsc1NC(=O)CN(Cc1ccc(C(=O)NC)cc1)C1CC1. The van der Waals surface area contributed by atoms with Crippen LogP contribution in [0.25, 0.3) is 0 Å². The average Bonchev–Trinajstić information content (AvgIpc) is 3.47. The number of carbonyl (C=O) groups excluding carboxylic acids is 3. The Hall–Kier alpha value is -2.71. The van der Waals surface area contributed by atoms with E-state index in [1.807, 2.05) is 12.1 Å². The summed E-state index contributed by atoms with van der Waals surface area (Å²) < 4.78 is 5.03. The number of esters is 1. The normalized spacial score (nSPS) is 13.2. The van der Waals surface area contributed by atoms with Gasteiger partial charge >= 0.3 is 5.97 Å². The lowest BCUT2D eigenvalue weighted by Gasteiger charge is -2.21. The second kappa shape index (κ2) is 9.67. The van der Waals surface area contributed by atoms with Crippen LogP contribution in [0.1, 0.15) is 46.0 Å². The van der Waals surface area contributed by atoms with Crippen LogP contribution in [0, 0.1) is 0 Å². The third kappa shape index (κ3) is 5.65. The molecule has 154 valence electrons. The van der Waals surface area contributed by atoms with Gasteiger partial charge in [-0.2, -0.15) is 0 Å². The number of hydrogen-bond acceptors (Lipinski definition) is 6. The maximum absolute atomic E-state index is 12.6. The highest BCUT2D eigenvalue weighted by molar-refractivity contribution is 7.14. The molecule has 2 aromatic rings. The predicted molar refractivity (Wildman–Crippen MR) is 112 cm³/mol. The minimum absolute atomic E-state index is 0.122. The molecule has 0 unspecified atom stereocenters. The van der Waals surface area contributed by atoms with Crippen molar-refractivity contribution in [3.8, 4) is 0 Å². The standard InChI is InChI=1S/C21H25N3O4S/c1-3-28-21(27)17-10-11-29-20(17)23-18(25)13-24(16-8-9-16)12-14-4-6-15(7-5-14)19(26)22-2/h4-7,10-11,16H,3,8-9,12-13H2,1-2H3,(H,22,26)(H,23,25). The molecule has 8 heteroatoms. The molecule has 0 aliphatic heterocycles. The van der Waals surface area contributed by atoms with E-state index in [4.69, 9.17) is 4.74 Å². The zero-order chi connectivity index (χ0) is 20.8. The fourth-order valence-corrected chi connectivity index (χ4v) is 3.81. The minimum Gasteiger partial charge on any atom is -0.462 e. The van der Waals surface area contributed by atoms with Crippen molar-refractivity contribution in [3.05, 3.63) is 52.4 Å². The van der Waals surface area contributed by atoms with E-state index < -0.39 is 5.97 Å². The maximum Gasteiger partial charge on any atom is 0.341 e. The van der Waals surface area contributed by atoms with Crippen molar-refractivity contribution in [2.45, 2.75) is 32.4 Å². The first-order chi connectivity index (χ1) is 14.0. The van der Waals surface area contributed by atoms with Crippen LogP contribution in [0.3, 0.4) is 0 Å². The number of rotatable bonds is 9. The first-order valence-electron chi connectivity index (χ1n) is 9.61. The molecule has 1 aliphatic carbocycles. The Morgan fingerprint density at radius 3 is 2.52 bits per heavy atom. The summed E-state index contributed by atoms with van der Waals surface area (Å²) in [6.07, 6.45) is 2.13. The molecule has 1 fully saturated rings. The highest BCUT2D eigenvalue weighted by atomic mass is 32.1. The summed E-state index contributed by atoms with van der Waals surface area (Å²) in [4.78, 5) is 38.4. The lowest BCUT2D eigenvalue weighted by atomic mass is 10.1. The first kappa shape index (κ1) is 21.0. The number of benzene rings is 1. The fraction of sp³-hybridized carbons (Fsp3) is 0.381. The monoisotopic (exact) mass is 415 g/mol. The third-order valence-corrected chi connectivity index (χ3v) is 5.48. The Morgan fingerprint density at radius 2 is 1.90 bits per heavy atom. The Bertz CT molecular complexity index is 874. The molecular formula is C21H25N3O4S. The summed E-state index contributed by atoms with van der Waals surface area (Å²) in [6, 6.07) is 9.44. The molecule has 0 bridgehead atoms. The predicted octanol–water partition coefficient (Wildman–Crippen LogP) is 2.89. The number of anilines is 1. The number of ether oxygens (including phenoxy) is 1. The second-order valence-corrected chi connectivity index (χ2v) is 7.76. The highest BCUT2D eigenvalue weighted by Crippen LogP contribution is 2.29. The fourth-order valence-electron chi connectivity index (χ4n) is 3.02. The smallest absolute Gasteiger partial charge is 0.341 e. The maximum atomic E-state index is 12.6. The van der Waals surface area contributed by atoms with Gasteiger partial charge in [0.1, 0.15) is 5.00 Å². The van der Waals surface area contributed by atoms with Crippen LogP contribution in [0.4, 0.5) is 5.00 Å². The van der Waals surface area contributed by atoms with Crippen LogP contribution >= 0.6 is 11.3 Å². The number of carbonyl (C=O) groups is 3. The van der Waals surface area contributed by atoms with E-state index in [0.29, 0.717) is 28.7 Å². The molecule has 29 heavy (non-hydrogen) atoms. The molecule has 0 spiro atoms. The quantitative estimate of drug-likeness (QED) is 0.615. The van der Waals surface area contributed by atoms with Crippen molar-refractivity contribution in [3.63, 3.8) is 0 Å². The zero-order valence-corrected chi connectivity index (χ0v) is 17.4. The van der Waals surface area contributed by atoms with E-state index in [0.717, 1.165) is 18.4 Å². The van der Waals surface area contributed by atoms with E-state index in [1.165, 1.54) is 11.3 Å². The molecule has 0 radical (unpaired) electrons. The van der Waals surface area contributed by atoms with E-state index in [2.05, 4.69) is 15.5 Å². The van der Waals surface area contributed by atoms with Gasteiger partial charge in [-0.25, -0.2) is 4.79 Å². The molecule has 2 N–H and O–H groups in total. The summed E-state index contributed by atoms with van der Waals surface area (Å²) in [5, 5.41) is 7.72. The van der Waals surface area contributed by atoms with E-state index in [-0.39, 0.29) is 25.0 Å². The van der Waals surface area contributed by atoms with Crippen LogP contribution in [0.2, 0.25) is 0 Å². The van der Waals surface area contributed by atoms with Gasteiger partial charge in [-0.1, -0.05) is 12.1 Å². The minimum atomic E-state index is -0.431. The molecule has 7 nitrogen and oxygen atoms in total. The van der Waals surface area contributed by atoms with Crippen LogP contribution < -0.4 is 10.6 Å². The van der Waals surface area contributed by atoms with Gasteiger partial charge in [0.25, 0.3) is 5.91 Å². The molecular weight excluding hydrogens is 390 g/mol. The lowest BCUT2D eigenvalue weighted by Crippen LogP contribution is -2.34. The molecule has 1 aliphatic rings. The molecule has 1 heterocycles. The lowest BCUT2D eigenvalue weighted by molar-refractivity contribution is -0.117. The van der Waals surface area contributed by atoms with Gasteiger partial charge in [0.15, 0.2) is 0 Å². The van der Waals surface area contributed by atoms with Gasteiger partial charge in [0.2, 0.25) is 5.91 Å². The van der Waals surface area contributed by atoms with Gasteiger partial charge in [-0.3, -0.25) is 14.5 Å². The molecule has 0 atom stereocenters. The van der Waals surface area contributed by atoms with Gasteiger partial charge < -0.3 is 15.4 Å². The Labute approximate surface area is 174 Å². The average molecular weight is 416 g/mol. The molecule has 1 saturated carbocycles. The number of hydrogen-bond donors (Lipinski definition) is 2. The number of amides is 2. The van der Waals surface area contributed by atoms with Gasteiger partial charge in [-0.15, -0.1) is 11.3 Å². The van der Waals surface area contributed by atoms with Gasteiger partial charge in [0, 0.05) is 25.2 Å². The van der Waals surface area contributed by atoms with Crippen LogP contribution in [0.15, 0.2) is 35.7 Å². The first-order valence-corrected chi connectivity index (χ1v) is 10.5. The summed E-state index contributed by atoms with van der Waals surface area (Å²) in [7, 11) is 1.60. The van der Waals surface area contributed by atoms with Crippen molar-refractivity contribution in [2.75, 3.05) is 25.5 Å². The van der Waals surface area contributed by atoms with Gasteiger partial charge in [0.05, 0.1) is 18.7 Å². The zero-order valence-electron chi connectivity index (χ0n) is 16.6. The molecule has 2 amide bonds. The molecule has 0 saturated heterocycles. The van der Waals surface area contributed by atoms with E-state index in [1.54, 1.807) is 37.6 Å². The Kier molecular flexibility index (Phi) is 7.00. The summed E-state index contributed by atoms with van der Waals surface area (Å²) in [6.45, 7) is 2.90. The largest absolute Gasteiger partial charge is 0.462 e. The van der Waals surface area contributed by atoms with Crippen LogP contribution in [-0.4, -0.2) is 48.9 Å². The number of nitrogens with one attached hydrogen (secondary N) is 2. The van der Waals surface area contributed by atoms with Gasteiger partial charge in [-0.05, 0) is 48.9 Å². The van der Waals surface area contributed by atoms with Crippen molar-refractivity contribution >= 4 is 34.1 Å². The van der Waals surface area contributed by atoms with Crippen molar-refractivity contribution in [2.24, 2.45) is 0 Å². The van der Waals surface area contributed by atoms with Crippen molar-refractivity contribution in [1.82, 2.24) is 10.2 Å². The molecule has 1 aromatic carbocycles. The highest BCUT2D eigenvalue weighted by Gasteiger charge is 2.30. The second-order valence-electron chi connectivity index (χ2n) is 6.84. The van der Waals surface area contributed by atoms with E-state index in [9.17, 15) is 14.4 Å². The Balaban J connectivity index is 1.61. The summed E-state index contributed by atoms with van der Waals surface area (Å²) in [5.41, 5.74) is 2.03. The van der Waals surface area contributed by atoms with Crippen molar-refractivity contribution < 1.29 is 19.1 Å². The summed E-state index contributed by atoms with van der Waals surface area (Å²) in [5.74, 6) is -0.713. The summed E-state index contributed by atoms with van der Waals surface area (Å²) >= 11 is 1.30. The van der Waals surface area contributed by atoms with E-state index >= 15 is 0 Å². The molecule has 3 rings (SSSR count). The Morgan fingerprint density at radius 1 is 1.17 bits per heavy atom. The number of nitrogens with zero attached hydrogens (tertiary/aromatic N) is 1. The van der Waals surface area contributed by atoms with Crippen LogP contribution in [0.5, 0.6) is 0 Å². The third-order valence-electron chi connectivity index (χ3n) is 4.65. The topological polar surface area (TPSA) is 87.7 Å².